The predicted octanol–water partition coefficient (Wildman–Crippen LogP) is 6.09. The molecule has 0 aliphatic heterocycles. The summed E-state index contributed by atoms with van der Waals surface area (Å²) >= 11 is 13.7. The van der Waals surface area contributed by atoms with E-state index in [1.807, 2.05) is 11.5 Å². The zero-order chi connectivity index (χ0) is 17.5. The Morgan fingerprint density at radius 2 is 2.04 bits per heavy atom. The van der Waals surface area contributed by atoms with Gasteiger partial charge in [-0.1, -0.05) is 54.6 Å². The number of halogens is 2. The van der Waals surface area contributed by atoms with Crippen LogP contribution in [0.4, 0.5) is 0 Å². The number of carboxylic acids is 1. The van der Waals surface area contributed by atoms with E-state index in [2.05, 4.69) is 6.08 Å². The van der Waals surface area contributed by atoms with E-state index >= 15 is 0 Å². The first-order chi connectivity index (χ1) is 11.5. The van der Waals surface area contributed by atoms with E-state index in [9.17, 15) is 9.59 Å². The Bertz CT molecular complexity index is 590. The van der Waals surface area contributed by atoms with Gasteiger partial charge in [-0.25, -0.2) is 0 Å². The van der Waals surface area contributed by atoms with Crippen molar-refractivity contribution >= 4 is 52.4 Å². The van der Waals surface area contributed by atoms with Gasteiger partial charge in [-0.15, -0.1) is 11.3 Å². The number of aliphatic carboxylic acids is 1. The molecule has 1 N–H and O–H groups in total. The summed E-state index contributed by atoms with van der Waals surface area (Å²) in [6.45, 7) is 0. The van der Waals surface area contributed by atoms with Crippen LogP contribution in [0.3, 0.4) is 0 Å². The molecule has 3 nitrogen and oxygen atoms in total. The maximum Gasteiger partial charge on any atom is 0.303 e. The minimum absolute atomic E-state index is 0.0805. The van der Waals surface area contributed by atoms with Gasteiger partial charge in [-0.2, -0.15) is 0 Å². The van der Waals surface area contributed by atoms with Gasteiger partial charge in [0.1, 0.15) is 10.1 Å². The highest BCUT2D eigenvalue weighted by Crippen LogP contribution is 2.37. The summed E-state index contributed by atoms with van der Waals surface area (Å²) in [5, 5.41) is 11.1. The van der Waals surface area contributed by atoms with E-state index in [0.29, 0.717) is 28.0 Å². The second-order valence-electron chi connectivity index (χ2n) is 6.25. The van der Waals surface area contributed by atoms with Crippen LogP contribution in [0.1, 0.15) is 56.9 Å². The predicted molar refractivity (Wildman–Crippen MR) is 99.9 cm³/mol. The van der Waals surface area contributed by atoms with Gasteiger partial charge in [-0.05, 0) is 25.2 Å². The third-order valence-corrected chi connectivity index (χ3v) is 6.25. The second kappa shape index (κ2) is 9.59. The molecule has 2 rings (SSSR count). The quantitative estimate of drug-likeness (QED) is 0.520. The van der Waals surface area contributed by atoms with Crippen molar-refractivity contribution in [1.29, 1.82) is 0 Å². The molecule has 1 aliphatic carbocycles. The molecule has 6 heteroatoms. The number of ketones is 1. The first kappa shape index (κ1) is 19.5. The molecule has 1 heterocycles. The number of carbonyl (C=O) groups excluding carboxylic acids is 1. The molecule has 132 valence electrons. The van der Waals surface area contributed by atoms with E-state index in [1.54, 1.807) is 0 Å². The number of hydrogen-bond donors (Lipinski definition) is 1. The van der Waals surface area contributed by atoms with Gasteiger partial charge in [-0.3, -0.25) is 9.59 Å². The molecule has 1 aromatic rings. The number of Topliss-reactive ketones (excluding diaryl/α,β-unsaturated/α-hetero) is 1. The van der Waals surface area contributed by atoms with Crippen molar-refractivity contribution < 1.29 is 14.7 Å². The van der Waals surface area contributed by atoms with Crippen LogP contribution in [0.2, 0.25) is 9.36 Å². The van der Waals surface area contributed by atoms with Crippen molar-refractivity contribution in [3.05, 3.63) is 26.4 Å². The maximum atomic E-state index is 12.1. The van der Waals surface area contributed by atoms with E-state index in [1.165, 1.54) is 11.3 Å². The van der Waals surface area contributed by atoms with Crippen LogP contribution in [-0.4, -0.2) is 16.9 Å². The highest BCUT2D eigenvalue weighted by Gasteiger charge is 2.32. The highest BCUT2D eigenvalue weighted by molar-refractivity contribution is 7.15. The Morgan fingerprint density at radius 3 is 2.71 bits per heavy atom. The summed E-state index contributed by atoms with van der Waals surface area (Å²) in [7, 11) is 0. The fourth-order valence-electron chi connectivity index (χ4n) is 3.22. The average molecular weight is 389 g/mol. The summed E-state index contributed by atoms with van der Waals surface area (Å²) in [6, 6.07) is 0. The monoisotopic (exact) mass is 388 g/mol. The molecule has 0 amide bonds. The van der Waals surface area contributed by atoms with E-state index < -0.39 is 5.97 Å². The third kappa shape index (κ3) is 5.61. The van der Waals surface area contributed by atoms with Crippen LogP contribution in [0.5, 0.6) is 0 Å². The molecule has 1 saturated carbocycles. The molecule has 1 aliphatic rings. The Balaban J connectivity index is 1.82. The van der Waals surface area contributed by atoms with E-state index in [4.69, 9.17) is 28.3 Å². The van der Waals surface area contributed by atoms with Gasteiger partial charge in [0.05, 0.1) is 5.02 Å². The standard InChI is InChI=1S/C18H22Cl2O3S/c19-15-11-24-18(20)14(15)9-7-12-8-10-16(21)13(12)5-3-1-2-4-6-17(22)23/h7,9,11-13H,1-6,8,10H2,(H,22,23)/b9-7+. The Labute approximate surface area is 156 Å². The number of thiophene rings is 1. The van der Waals surface area contributed by atoms with Crippen LogP contribution in [0.25, 0.3) is 6.08 Å². The lowest BCUT2D eigenvalue weighted by molar-refractivity contribution is -0.137. The second-order valence-corrected chi connectivity index (χ2v) is 8.14. The molecule has 0 bridgehead atoms. The molecule has 24 heavy (non-hydrogen) atoms. The number of allylic oxidation sites excluding steroid dienone is 1. The van der Waals surface area contributed by atoms with Crippen molar-refractivity contribution in [1.82, 2.24) is 0 Å². The largest absolute Gasteiger partial charge is 0.481 e. The minimum Gasteiger partial charge on any atom is -0.481 e. The Kier molecular flexibility index (Phi) is 7.79. The van der Waals surface area contributed by atoms with Gasteiger partial charge in [0, 0.05) is 29.7 Å². The van der Waals surface area contributed by atoms with E-state index in [-0.39, 0.29) is 18.3 Å². The van der Waals surface area contributed by atoms with Gasteiger partial charge in [0.2, 0.25) is 0 Å². The molecule has 1 aromatic heterocycles. The molecular weight excluding hydrogens is 367 g/mol. The van der Waals surface area contributed by atoms with Gasteiger partial charge < -0.3 is 5.11 Å². The van der Waals surface area contributed by atoms with Gasteiger partial charge >= 0.3 is 5.97 Å². The lowest BCUT2D eigenvalue weighted by Gasteiger charge is -2.14. The van der Waals surface area contributed by atoms with Crippen molar-refractivity contribution in [2.75, 3.05) is 0 Å². The van der Waals surface area contributed by atoms with Crippen molar-refractivity contribution in [3.8, 4) is 0 Å². The normalized spacial score (nSPS) is 21.0. The van der Waals surface area contributed by atoms with Crippen molar-refractivity contribution in [2.24, 2.45) is 11.8 Å². The first-order valence-electron chi connectivity index (χ1n) is 8.34. The summed E-state index contributed by atoms with van der Waals surface area (Å²) < 4.78 is 0.676. The van der Waals surface area contributed by atoms with E-state index in [0.717, 1.165) is 37.7 Å². The summed E-state index contributed by atoms with van der Waals surface area (Å²) in [5.41, 5.74) is 0.843. The fourth-order valence-corrected chi connectivity index (χ4v) is 4.56. The van der Waals surface area contributed by atoms with Crippen LogP contribution < -0.4 is 0 Å². The minimum atomic E-state index is -0.739. The van der Waals surface area contributed by atoms with Crippen LogP contribution >= 0.6 is 34.5 Å². The number of hydrogen-bond acceptors (Lipinski definition) is 3. The molecule has 0 spiro atoms. The molecule has 0 aromatic carbocycles. The number of carbonyl (C=O) groups is 2. The number of rotatable bonds is 9. The van der Waals surface area contributed by atoms with Crippen LogP contribution in [-0.2, 0) is 9.59 Å². The molecule has 2 unspecified atom stereocenters. The molecule has 1 fully saturated rings. The number of carboxylic acid groups (broad SMARTS) is 1. The zero-order valence-electron chi connectivity index (χ0n) is 13.5. The lowest BCUT2D eigenvalue weighted by Crippen LogP contribution is -2.13. The SMILES string of the molecule is O=C(O)CCCCCCC1C(=O)CCC1/C=C/c1c(Cl)csc1Cl. The fraction of sp³-hybridized carbons (Fsp3) is 0.556. The zero-order valence-corrected chi connectivity index (χ0v) is 15.8. The van der Waals surface area contributed by atoms with Gasteiger partial charge in [0.25, 0.3) is 0 Å². The molecule has 0 saturated heterocycles. The summed E-state index contributed by atoms with van der Waals surface area (Å²) in [4.78, 5) is 22.6. The molecular formula is C18H22Cl2O3S. The highest BCUT2D eigenvalue weighted by atomic mass is 35.5. The first-order valence-corrected chi connectivity index (χ1v) is 9.97. The topological polar surface area (TPSA) is 54.4 Å². The van der Waals surface area contributed by atoms with Crippen LogP contribution in [0, 0.1) is 11.8 Å². The van der Waals surface area contributed by atoms with Gasteiger partial charge in [0.15, 0.2) is 0 Å². The van der Waals surface area contributed by atoms with Crippen molar-refractivity contribution in [2.45, 2.75) is 51.4 Å². The Hall–Kier alpha value is -0.840. The average Bonchev–Trinajstić information content (AvgIpc) is 3.04. The Morgan fingerprint density at radius 1 is 1.29 bits per heavy atom. The smallest absolute Gasteiger partial charge is 0.303 e. The third-order valence-electron chi connectivity index (χ3n) is 4.56. The van der Waals surface area contributed by atoms with Crippen LogP contribution in [0.15, 0.2) is 11.5 Å². The molecule has 0 radical (unpaired) electrons. The molecule has 2 atom stereocenters. The summed E-state index contributed by atoms with van der Waals surface area (Å²) in [5.74, 6) is -0.0601. The lowest BCUT2D eigenvalue weighted by atomic mass is 9.89. The maximum absolute atomic E-state index is 12.1. The number of unbranched alkanes of at least 4 members (excludes halogenated alkanes) is 3. The van der Waals surface area contributed by atoms with Crippen molar-refractivity contribution in [3.63, 3.8) is 0 Å². The summed E-state index contributed by atoms with van der Waals surface area (Å²) in [6.07, 6.45) is 10.3.